The van der Waals surface area contributed by atoms with Gasteiger partial charge in [0.2, 0.25) is 0 Å². The van der Waals surface area contributed by atoms with E-state index in [2.05, 4.69) is 6.92 Å². The van der Waals surface area contributed by atoms with Crippen LogP contribution in [0.3, 0.4) is 0 Å². The second kappa shape index (κ2) is 6.90. The summed E-state index contributed by atoms with van der Waals surface area (Å²) < 4.78 is 6.51. The van der Waals surface area contributed by atoms with Gasteiger partial charge in [0.1, 0.15) is 0 Å². The molecule has 0 rings (SSSR count). The van der Waals surface area contributed by atoms with Gasteiger partial charge >= 0.3 is 61.3 Å². The minimum absolute atomic E-state index is 0.945. The summed E-state index contributed by atoms with van der Waals surface area (Å²) in [6.45, 7) is 4.10. The van der Waals surface area contributed by atoms with Crippen molar-refractivity contribution in [3.63, 3.8) is 0 Å². The van der Waals surface area contributed by atoms with Crippen molar-refractivity contribution >= 4 is 0 Å². The maximum absolute atomic E-state index is 5.18. The van der Waals surface area contributed by atoms with Gasteiger partial charge in [-0.25, -0.2) is 0 Å². The standard InChI is InChI=1S/C5H11O.Hg/c1-3-5-6-4-2;/h2-5H2,1H3;. The molecule has 2 heteroatoms. The van der Waals surface area contributed by atoms with Crippen molar-refractivity contribution in [3.05, 3.63) is 0 Å². The molecule has 0 atom stereocenters. The minimum atomic E-state index is 0.945. The molecule has 0 bridgehead atoms. The molecule has 0 amide bonds. The zero-order valence-electron chi connectivity index (χ0n) is 4.94. The van der Waals surface area contributed by atoms with Crippen molar-refractivity contribution in [2.24, 2.45) is 0 Å². The molecule has 0 saturated carbocycles. The van der Waals surface area contributed by atoms with Gasteiger partial charge in [0.15, 0.2) is 0 Å². The summed E-state index contributed by atoms with van der Waals surface area (Å²) in [6, 6.07) is 0. The first-order chi connectivity index (χ1) is 3.41. The van der Waals surface area contributed by atoms with Gasteiger partial charge in [-0.2, -0.15) is 0 Å². The van der Waals surface area contributed by atoms with Gasteiger partial charge in [0.05, 0.1) is 0 Å². The molecular formula is C5H11HgO. The van der Waals surface area contributed by atoms with Crippen LogP contribution in [0.5, 0.6) is 0 Å². The summed E-state index contributed by atoms with van der Waals surface area (Å²) in [5, 5.41) is 0. The molecule has 0 aromatic heterocycles. The Hall–Kier alpha value is 0.895. The van der Waals surface area contributed by atoms with E-state index in [9.17, 15) is 0 Å². The molecule has 0 heterocycles. The third kappa shape index (κ3) is 6.90. The fourth-order valence-electron chi connectivity index (χ4n) is 0.348. The summed E-state index contributed by atoms with van der Waals surface area (Å²) in [4.78, 5) is 0. The van der Waals surface area contributed by atoms with Crippen LogP contribution in [0.1, 0.15) is 13.3 Å². The molecule has 0 fully saturated rings. The second-order valence-electron chi connectivity index (χ2n) is 1.47. The summed E-state index contributed by atoms with van der Waals surface area (Å²) in [6.07, 6.45) is 1.16. The van der Waals surface area contributed by atoms with E-state index in [1.807, 2.05) is 0 Å². The topological polar surface area (TPSA) is 9.23 Å². The summed E-state index contributed by atoms with van der Waals surface area (Å²) in [7, 11) is 0. The van der Waals surface area contributed by atoms with Crippen LogP contribution < -0.4 is 0 Å². The van der Waals surface area contributed by atoms with E-state index in [0.29, 0.717) is 0 Å². The molecule has 0 aliphatic heterocycles. The van der Waals surface area contributed by atoms with Gasteiger partial charge in [0.25, 0.3) is 0 Å². The molecule has 0 radical (unpaired) electrons. The summed E-state index contributed by atoms with van der Waals surface area (Å²) in [5.74, 6) is 0. The first-order valence-corrected chi connectivity index (χ1v) is 6.67. The van der Waals surface area contributed by atoms with Crippen molar-refractivity contribution in [2.75, 3.05) is 13.2 Å². The van der Waals surface area contributed by atoms with E-state index in [4.69, 9.17) is 4.74 Å². The van der Waals surface area contributed by atoms with Crippen molar-refractivity contribution in [2.45, 2.75) is 17.3 Å². The van der Waals surface area contributed by atoms with Crippen LogP contribution in [0.4, 0.5) is 0 Å². The van der Waals surface area contributed by atoms with Gasteiger partial charge in [-0.3, -0.25) is 0 Å². The number of hydrogen-bond donors (Lipinski definition) is 0. The Bertz CT molecular complexity index is 27.3. The Labute approximate surface area is 61.4 Å². The molecule has 7 heavy (non-hydrogen) atoms. The normalized spacial score (nSPS) is 9.57. The van der Waals surface area contributed by atoms with E-state index in [1.54, 1.807) is 0 Å². The van der Waals surface area contributed by atoms with Gasteiger partial charge in [0, 0.05) is 0 Å². The van der Waals surface area contributed by atoms with Gasteiger partial charge in [-0.1, -0.05) is 0 Å². The Kier molecular flexibility index (Phi) is 7.78. The number of hydrogen-bond acceptors (Lipinski definition) is 1. The fourth-order valence-corrected chi connectivity index (χ4v) is 1.14. The molecule has 0 spiro atoms. The third-order valence-corrected chi connectivity index (χ3v) is 1.76. The summed E-state index contributed by atoms with van der Waals surface area (Å²) in [5.41, 5.74) is 0. The zero-order valence-corrected chi connectivity index (χ0v) is 10.4. The molecule has 0 saturated heterocycles. The predicted molar refractivity (Wildman–Crippen MR) is 25.9 cm³/mol. The molecule has 0 unspecified atom stereocenters. The number of ether oxygens (including phenoxy) is 1. The monoisotopic (exact) mass is 289 g/mol. The van der Waals surface area contributed by atoms with E-state index in [0.717, 1.165) is 45.8 Å². The molecule has 0 aliphatic carbocycles. The Morgan fingerprint density at radius 2 is 2.14 bits per heavy atom. The molecule has 39 valence electrons. The van der Waals surface area contributed by atoms with E-state index in [-0.39, 0.29) is 0 Å². The predicted octanol–water partition coefficient (Wildman–Crippen LogP) is 1.38. The molecular weight excluding hydrogens is 277 g/mol. The Morgan fingerprint density at radius 1 is 1.43 bits per heavy atom. The van der Waals surface area contributed by atoms with Crippen LogP contribution in [0, 0.1) is 0 Å². The molecule has 0 aromatic rings. The van der Waals surface area contributed by atoms with Crippen LogP contribution in [0.2, 0.25) is 3.93 Å². The first-order valence-electron chi connectivity index (χ1n) is 2.78. The van der Waals surface area contributed by atoms with Crippen LogP contribution >= 0.6 is 0 Å². The SMILES string of the molecule is CCCOC[CH2][Hg]. The van der Waals surface area contributed by atoms with Crippen molar-refractivity contribution < 1.29 is 30.9 Å². The van der Waals surface area contributed by atoms with Crippen molar-refractivity contribution in [3.8, 4) is 0 Å². The fraction of sp³-hybridized carbons (Fsp3) is 1.00. The van der Waals surface area contributed by atoms with Crippen LogP contribution in [0.25, 0.3) is 0 Å². The van der Waals surface area contributed by atoms with E-state index in [1.165, 1.54) is 3.93 Å². The molecule has 0 N–H and O–H groups in total. The molecule has 0 aromatic carbocycles. The quantitative estimate of drug-likeness (QED) is 0.561. The first kappa shape index (κ1) is 7.90. The van der Waals surface area contributed by atoms with Crippen molar-refractivity contribution in [1.82, 2.24) is 0 Å². The maximum atomic E-state index is 5.18. The third-order valence-electron chi connectivity index (χ3n) is 0.637. The zero-order chi connectivity index (χ0) is 5.54. The Morgan fingerprint density at radius 3 is 2.57 bits per heavy atom. The molecule has 1 nitrogen and oxygen atoms in total. The second-order valence-corrected chi connectivity index (χ2v) is 4.21. The summed E-state index contributed by atoms with van der Waals surface area (Å²) >= 11 is 0.945. The average molecular weight is 288 g/mol. The van der Waals surface area contributed by atoms with Crippen LogP contribution in [-0.4, -0.2) is 13.2 Å². The van der Waals surface area contributed by atoms with E-state index < -0.39 is 0 Å². The molecule has 0 aliphatic rings. The number of rotatable bonds is 4. The van der Waals surface area contributed by atoms with Gasteiger partial charge in [-0.15, -0.1) is 0 Å². The van der Waals surface area contributed by atoms with Gasteiger partial charge < -0.3 is 0 Å². The van der Waals surface area contributed by atoms with Crippen LogP contribution in [0.15, 0.2) is 0 Å². The Balaban J connectivity index is 2.45. The van der Waals surface area contributed by atoms with E-state index >= 15 is 0 Å². The average Bonchev–Trinajstić information content (AvgIpc) is 1.69. The van der Waals surface area contributed by atoms with Gasteiger partial charge in [-0.05, 0) is 0 Å². The van der Waals surface area contributed by atoms with Crippen LogP contribution in [-0.2, 0) is 30.9 Å². The van der Waals surface area contributed by atoms with Crippen molar-refractivity contribution in [1.29, 1.82) is 0 Å².